The number of hydrogen-bond donors (Lipinski definition) is 2. The first-order valence-electron chi connectivity index (χ1n) is 13.1. The van der Waals surface area contributed by atoms with E-state index in [0.29, 0.717) is 34.9 Å². The summed E-state index contributed by atoms with van der Waals surface area (Å²) in [5.74, 6) is 0.231. The summed E-state index contributed by atoms with van der Waals surface area (Å²) in [6.07, 6.45) is 1.84. The molecule has 9 heteroatoms. The molecule has 2 aromatic heterocycles. The highest BCUT2D eigenvalue weighted by Crippen LogP contribution is 2.27. The molecule has 196 valence electrons. The van der Waals surface area contributed by atoms with Crippen molar-refractivity contribution in [3.63, 3.8) is 0 Å². The van der Waals surface area contributed by atoms with Gasteiger partial charge in [0.2, 0.25) is 5.91 Å². The lowest BCUT2D eigenvalue weighted by molar-refractivity contribution is -0.130. The number of likely N-dealkylation sites (tertiary alicyclic amines) is 1. The predicted molar refractivity (Wildman–Crippen MR) is 150 cm³/mol. The quantitative estimate of drug-likeness (QED) is 0.356. The molecule has 2 N–H and O–H groups in total. The van der Waals surface area contributed by atoms with Crippen LogP contribution < -0.4 is 10.9 Å². The van der Waals surface area contributed by atoms with Gasteiger partial charge in [0.1, 0.15) is 0 Å². The number of nitrogens with one attached hydrogen (secondary N) is 2. The molecular weight excluding hydrogens is 492 g/mol. The first-order chi connectivity index (χ1) is 19.0. The van der Waals surface area contributed by atoms with Gasteiger partial charge in [-0.25, -0.2) is 5.10 Å². The third kappa shape index (κ3) is 4.79. The van der Waals surface area contributed by atoms with Crippen LogP contribution in [0.25, 0.3) is 32.9 Å². The van der Waals surface area contributed by atoms with E-state index in [4.69, 9.17) is 5.10 Å². The van der Waals surface area contributed by atoms with E-state index >= 15 is 0 Å². The topological polar surface area (TPSA) is 113 Å². The molecule has 2 amide bonds. The Morgan fingerprint density at radius 3 is 2.31 bits per heavy atom. The van der Waals surface area contributed by atoms with Crippen LogP contribution in [-0.2, 0) is 11.3 Å². The van der Waals surface area contributed by atoms with Crippen molar-refractivity contribution in [2.45, 2.75) is 26.3 Å². The molecule has 0 radical (unpaired) electrons. The highest BCUT2D eigenvalue weighted by molar-refractivity contribution is 6.11. The van der Waals surface area contributed by atoms with Gasteiger partial charge in [0.05, 0.1) is 16.6 Å². The van der Waals surface area contributed by atoms with E-state index in [0.717, 1.165) is 47.8 Å². The number of fused-ring (bicyclic) bond motifs is 2. The highest BCUT2D eigenvalue weighted by atomic mass is 16.2. The summed E-state index contributed by atoms with van der Waals surface area (Å²) >= 11 is 0. The molecular formula is C30H28N6O3. The molecule has 0 bridgehead atoms. The second-order valence-corrected chi connectivity index (χ2v) is 9.98. The minimum absolute atomic E-state index is 0.119. The number of rotatable bonds is 5. The van der Waals surface area contributed by atoms with Crippen molar-refractivity contribution in [3.05, 3.63) is 88.8 Å². The van der Waals surface area contributed by atoms with Gasteiger partial charge in [-0.3, -0.25) is 19.1 Å². The van der Waals surface area contributed by atoms with E-state index < -0.39 is 0 Å². The number of H-pyrrole nitrogens is 1. The minimum atomic E-state index is -0.281. The monoisotopic (exact) mass is 520 g/mol. The first kappa shape index (κ1) is 24.5. The van der Waals surface area contributed by atoms with Crippen molar-refractivity contribution in [1.29, 1.82) is 0 Å². The molecule has 3 aromatic carbocycles. The number of para-hydroxylation sites is 1. The molecule has 0 unspecified atom stereocenters. The van der Waals surface area contributed by atoms with Crippen LogP contribution in [0, 0.1) is 5.92 Å². The van der Waals surface area contributed by atoms with Crippen LogP contribution in [-0.4, -0.2) is 49.8 Å². The predicted octanol–water partition coefficient (Wildman–Crippen LogP) is 4.45. The van der Waals surface area contributed by atoms with Crippen LogP contribution in [0.15, 0.2) is 77.6 Å². The Labute approximate surface area is 224 Å². The van der Waals surface area contributed by atoms with Gasteiger partial charge in [-0.15, -0.1) is 0 Å². The van der Waals surface area contributed by atoms with Gasteiger partial charge in [0, 0.05) is 48.6 Å². The molecule has 39 heavy (non-hydrogen) atoms. The minimum Gasteiger partial charge on any atom is -0.343 e. The summed E-state index contributed by atoms with van der Waals surface area (Å²) < 4.78 is 1.92. The van der Waals surface area contributed by atoms with E-state index in [2.05, 4.69) is 15.5 Å². The number of benzene rings is 3. The molecule has 0 spiro atoms. The number of carbonyl (C=O) groups excluding carboxylic acids is 2. The van der Waals surface area contributed by atoms with Crippen molar-refractivity contribution >= 4 is 39.2 Å². The van der Waals surface area contributed by atoms with E-state index in [1.54, 1.807) is 13.0 Å². The summed E-state index contributed by atoms with van der Waals surface area (Å²) in [6.45, 7) is 3.83. The maximum atomic E-state index is 13.3. The second-order valence-electron chi connectivity index (χ2n) is 9.98. The standard InChI is InChI=1S/C30H28N6O3/c1-19(37)35-16-14-20(15-17-35)18-36-26-9-5-4-8-25(26)28(34-36)30(39)31-22-12-10-21(11-13-22)27-23-6-2-3-7-24(23)29(38)33-32-27/h2-13,20H,14-18H2,1H3,(H,31,39)(H,33,38). The average molecular weight is 521 g/mol. The lowest BCUT2D eigenvalue weighted by atomic mass is 9.97. The maximum Gasteiger partial charge on any atom is 0.276 e. The molecule has 0 atom stereocenters. The number of anilines is 1. The van der Waals surface area contributed by atoms with Crippen molar-refractivity contribution in [2.75, 3.05) is 18.4 Å². The molecule has 1 aliphatic heterocycles. The van der Waals surface area contributed by atoms with E-state index in [1.807, 2.05) is 76.3 Å². The number of nitrogens with zero attached hydrogens (tertiary/aromatic N) is 4. The number of aromatic nitrogens is 4. The zero-order valence-electron chi connectivity index (χ0n) is 21.6. The van der Waals surface area contributed by atoms with Crippen molar-refractivity contribution in [1.82, 2.24) is 24.9 Å². The van der Waals surface area contributed by atoms with Gasteiger partial charge in [0.25, 0.3) is 11.5 Å². The van der Waals surface area contributed by atoms with Crippen LogP contribution >= 0.6 is 0 Å². The Morgan fingerprint density at radius 2 is 1.59 bits per heavy atom. The fraction of sp³-hybridized carbons (Fsp3) is 0.233. The van der Waals surface area contributed by atoms with Gasteiger partial charge in [-0.2, -0.15) is 10.2 Å². The summed E-state index contributed by atoms with van der Waals surface area (Å²) in [5.41, 5.74) is 3.19. The van der Waals surface area contributed by atoms with Gasteiger partial charge >= 0.3 is 0 Å². The third-order valence-electron chi connectivity index (χ3n) is 7.48. The smallest absolute Gasteiger partial charge is 0.276 e. The normalized spacial score (nSPS) is 14.1. The number of amides is 2. The van der Waals surface area contributed by atoms with Crippen LogP contribution in [0.2, 0.25) is 0 Å². The SMILES string of the molecule is CC(=O)N1CCC(Cn2nc(C(=O)Nc3ccc(-c4n[nH]c(=O)c5ccccc45)cc3)c3ccccc32)CC1. The van der Waals surface area contributed by atoms with Gasteiger partial charge < -0.3 is 10.2 Å². The van der Waals surface area contributed by atoms with Gasteiger partial charge in [0.15, 0.2) is 5.69 Å². The Kier molecular flexibility index (Phi) is 6.40. The summed E-state index contributed by atoms with van der Waals surface area (Å²) in [6, 6.07) is 22.5. The van der Waals surface area contributed by atoms with E-state index in [9.17, 15) is 14.4 Å². The number of carbonyl (C=O) groups is 2. The van der Waals surface area contributed by atoms with Gasteiger partial charge in [-0.05, 0) is 43.0 Å². The number of hydrogen-bond acceptors (Lipinski definition) is 5. The fourth-order valence-corrected chi connectivity index (χ4v) is 5.35. The molecule has 1 aliphatic rings. The van der Waals surface area contributed by atoms with Crippen LogP contribution in [0.5, 0.6) is 0 Å². The van der Waals surface area contributed by atoms with Crippen LogP contribution in [0.4, 0.5) is 5.69 Å². The molecule has 3 heterocycles. The van der Waals surface area contributed by atoms with Gasteiger partial charge in [-0.1, -0.05) is 48.5 Å². The maximum absolute atomic E-state index is 13.3. The fourth-order valence-electron chi connectivity index (χ4n) is 5.35. The zero-order valence-corrected chi connectivity index (χ0v) is 21.6. The van der Waals surface area contributed by atoms with Crippen LogP contribution in [0.3, 0.4) is 0 Å². The molecule has 0 aliphatic carbocycles. The summed E-state index contributed by atoms with van der Waals surface area (Å²) in [4.78, 5) is 39.0. The molecule has 1 fully saturated rings. The Hall–Kier alpha value is -4.79. The Balaban J connectivity index is 1.22. The summed E-state index contributed by atoms with van der Waals surface area (Å²) in [5, 5.41) is 16.7. The van der Waals surface area contributed by atoms with E-state index in [-0.39, 0.29) is 17.4 Å². The first-order valence-corrected chi connectivity index (χ1v) is 13.1. The highest BCUT2D eigenvalue weighted by Gasteiger charge is 2.24. The average Bonchev–Trinajstić information content (AvgIpc) is 3.33. The third-order valence-corrected chi connectivity index (χ3v) is 7.48. The van der Waals surface area contributed by atoms with Crippen molar-refractivity contribution in [3.8, 4) is 11.3 Å². The van der Waals surface area contributed by atoms with E-state index in [1.165, 1.54) is 0 Å². The molecule has 6 rings (SSSR count). The molecule has 9 nitrogen and oxygen atoms in total. The lowest BCUT2D eigenvalue weighted by Crippen LogP contribution is -2.38. The Morgan fingerprint density at radius 1 is 0.923 bits per heavy atom. The summed E-state index contributed by atoms with van der Waals surface area (Å²) in [7, 11) is 0. The van der Waals surface area contributed by atoms with Crippen LogP contribution in [0.1, 0.15) is 30.3 Å². The lowest BCUT2D eigenvalue weighted by Gasteiger charge is -2.31. The molecule has 5 aromatic rings. The molecule has 1 saturated heterocycles. The largest absolute Gasteiger partial charge is 0.343 e. The number of piperidine rings is 1. The van der Waals surface area contributed by atoms with Crippen molar-refractivity contribution in [2.24, 2.45) is 5.92 Å². The second kappa shape index (κ2) is 10.2. The molecule has 0 saturated carbocycles. The van der Waals surface area contributed by atoms with Crippen molar-refractivity contribution < 1.29 is 9.59 Å². The number of aromatic amines is 1. The Bertz CT molecular complexity index is 1750. The zero-order chi connectivity index (χ0) is 26.9.